The van der Waals surface area contributed by atoms with Crippen LogP contribution in [0.5, 0.6) is 0 Å². The lowest BCUT2D eigenvalue weighted by atomic mass is 9.88. The zero-order chi connectivity index (χ0) is 11.8. The molecule has 0 aliphatic heterocycles. The summed E-state index contributed by atoms with van der Waals surface area (Å²) >= 11 is 6.83. The Morgan fingerprint density at radius 1 is 1.00 bits per heavy atom. The number of halogens is 2. The Kier molecular flexibility index (Phi) is 3.35. The lowest BCUT2D eigenvalue weighted by Gasteiger charge is -2.30. The molecular formula is C12H12Br2N2. The molecule has 0 bridgehead atoms. The summed E-state index contributed by atoms with van der Waals surface area (Å²) in [6, 6.07) is 7.99. The van der Waals surface area contributed by atoms with Crippen LogP contribution in [0.25, 0.3) is 5.57 Å². The first-order valence-electron chi connectivity index (χ1n) is 4.89. The molecule has 0 unspecified atom stereocenters. The molecule has 0 heterocycles. The third-order valence-corrected chi connectivity index (χ3v) is 3.62. The summed E-state index contributed by atoms with van der Waals surface area (Å²) in [5, 5.41) is 0. The number of rotatable bonds is 1. The number of benzene rings is 1. The predicted octanol–water partition coefficient (Wildman–Crippen LogP) is 3.13. The normalized spacial score (nSPS) is 19.0. The van der Waals surface area contributed by atoms with Crippen LogP contribution in [0.2, 0.25) is 0 Å². The Morgan fingerprint density at radius 2 is 1.62 bits per heavy atom. The van der Waals surface area contributed by atoms with E-state index >= 15 is 0 Å². The van der Waals surface area contributed by atoms with E-state index in [1.807, 2.05) is 36.4 Å². The highest BCUT2D eigenvalue weighted by Crippen LogP contribution is 2.33. The maximum Gasteiger partial charge on any atom is 0.0951 e. The van der Waals surface area contributed by atoms with E-state index < -0.39 is 5.66 Å². The molecule has 0 saturated carbocycles. The summed E-state index contributed by atoms with van der Waals surface area (Å²) in [5.74, 6) is 0. The van der Waals surface area contributed by atoms with Crippen LogP contribution in [0.4, 0.5) is 0 Å². The second kappa shape index (κ2) is 4.45. The molecule has 2 rings (SSSR count). The van der Waals surface area contributed by atoms with Gasteiger partial charge in [0.05, 0.1) is 5.66 Å². The molecule has 1 aromatic carbocycles. The average molecular weight is 344 g/mol. The van der Waals surface area contributed by atoms with E-state index in [0.29, 0.717) is 6.42 Å². The van der Waals surface area contributed by atoms with Crippen molar-refractivity contribution in [2.45, 2.75) is 12.1 Å². The van der Waals surface area contributed by atoms with Crippen LogP contribution in [-0.2, 0) is 0 Å². The first-order chi connectivity index (χ1) is 7.49. The zero-order valence-electron chi connectivity index (χ0n) is 8.58. The van der Waals surface area contributed by atoms with Crippen LogP contribution in [0.1, 0.15) is 12.0 Å². The van der Waals surface area contributed by atoms with Crippen molar-refractivity contribution >= 4 is 37.4 Å². The van der Waals surface area contributed by atoms with Crippen molar-refractivity contribution in [2.24, 2.45) is 11.5 Å². The van der Waals surface area contributed by atoms with Crippen LogP contribution < -0.4 is 11.5 Å². The van der Waals surface area contributed by atoms with Gasteiger partial charge in [-0.2, -0.15) is 0 Å². The van der Waals surface area contributed by atoms with E-state index in [4.69, 9.17) is 11.5 Å². The standard InChI is InChI=1S/C12H12Br2N2/c13-9-3-1-8(2-4-9)11-6-5-10(14)7-12(11,15)16/h1-6H,7,15-16H2. The zero-order valence-corrected chi connectivity index (χ0v) is 11.8. The minimum atomic E-state index is -0.804. The number of allylic oxidation sites excluding steroid dienone is 2. The molecule has 4 N–H and O–H groups in total. The molecule has 1 aliphatic rings. The van der Waals surface area contributed by atoms with Crippen molar-refractivity contribution in [1.29, 1.82) is 0 Å². The third-order valence-electron chi connectivity index (χ3n) is 2.55. The monoisotopic (exact) mass is 342 g/mol. The van der Waals surface area contributed by atoms with E-state index in [1.54, 1.807) is 0 Å². The van der Waals surface area contributed by atoms with E-state index in [9.17, 15) is 0 Å². The van der Waals surface area contributed by atoms with Crippen molar-refractivity contribution < 1.29 is 0 Å². The predicted molar refractivity (Wildman–Crippen MR) is 74.9 cm³/mol. The molecule has 16 heavy (non-hydrogen) atoms. The van der Waals surface area contributed by atoms with Crippen LogP contribution in [0, 0.1) is 0 Å². The lowest BCUT2D eigenvalue weighted by molar-refractivity contribution is 0.573. The fourth-order valence-electron chi connectivity index (χ4n) is 1.76. The van der Waals surface area contributed by atoms with Crippen molar-refractivity contribution in [3.8, 4) is 0 Å². The van der Waals surface area contributed by atoms with Gasteiger partial charge in [0.15, 0.2) is 0 Å². The maximum absolute atomic E-state index is 6.11. The molecule has 0 aromatic heterocycles. The molecule has 4 heteroatoms. The van der Waals surface area contributed by atoms with Crippen molar-refractivity contribution in [3.63, 3.8) is 0 Å². The molecule has 1 aromatic rings. The SMILES string of the molecule is NC1(N)CC(Br)=CC=C1c1ccc(Br)cc1. The minimum absolute atomic E-state index is 0.620. The Morgan fingerprint density at radius 3 is 2.19 bits per heavy atom. The summed E-state index contributed by atoms with van der Waals surface area (Å²) in [6.07, 6.45) is 4.58. The second-order valence-electron chi connectivity index (χ2n) is 3.92. The van der Waals surface area contributed by atoms with Crippen LogP contribution in [-0.4, -0.2) is 5.66 Å². The number of hydrogen-bond donors (Lipinski definition) is 2. The van der Waals surface area contributed by atoms with E-state index in [2.05, 4.69) is 31.9 Å². The Hall–Kier alpha value is -0.420. The maximum atomic E-state index is 6.11. The molecular weight excluding hydrogens is 332 g/mol. The molecule has 0 amide bonds. The van der Waals surface area contributed by atoms with Gasteiger partial charge in [-0.3, -0.25) is 0 Å². The molecule has 1 aliphatic carbocycles. The Bertz CT molecular complexity index is 458. The molecule has 2 nitrogen and oxygen atoms in total. The van der Waals surface area contributed by atoms with Gasteiger partial charge >= 0.3 is 0 Å². The van der Waals surface area contributed by atoms with Crippen molar-refractivity contribution in [3.05, 3.63) is 50.9 Å². The smallest absolute Gasteiger partial charge is 0.0951 e. The van der Waals surface area contributed by atoms with Crippen molar-refractivity contribution in [2.75, 3.05) is 0 Å². The summed E-state index contributed by atoms with van der Waals surface area (Å²) in [6.45, 7) is 0. The number of hydrogen-bond acceptors (Lipinski definition) is 2. The van der Waals surface area contributed by atoms with Gasteiger partial charge in [0.1, 0.15) is 0 Å². The molecule has 0 fully saturated rings. The summed E-state index contributed by atoms with van der Waals surface area (Å²) in [7, 11) is 0. The van der Waals surface area contributed by atoms with Gasteiger partial charge in [0.25, 0.3) is 0 Å². The van der Waals surface area contributed by atoms with Crippen LogP contribution in [0.15, 0.2) is 45.4 Å². The first-order valence-corrected chi connectivity index (χ1v) is 6.48. The van der Waals surface area contributed by atoms with E-state index in [1.165, 1.54) is 0 Å². The van der Waals surface area contributed by atoms with Crippen molar-refractivity contribution in [1.82, 2.24) is 0 Å². The van der Waals surface area contributed by atoms with Crippen LogP contribution >= 0.6 is 31.9 Å². The summed E-state index contributed by atoms with van der Waals surface area (Å²) in [5.41, 5.74) is 13.4. The summed E-state index contributed by atoms with van der Waals surface area (Å²) < 4.78 is 2.07. The minimum Gasteiger partial charge on any atom is -0.309 e. The second-order valence-corrected chi connectivity index (χ2v) is 5.85. The van der Waals surface area contributed by atoms with E-state index in [-0.39, 0.29) is 0 Å². The largest absolute Gasteiger partial charge is 0.309 e. The molecule has 0 spiro atoms. The molecule has 0 saturated heterocycles. The van der Waals surface area contributed by atoms with Gasteiger partial charge in [-0.25, -0.2) is 0 Å². The van der Waals surface area contributed by atoms with Crippen LogP contribution in [0.3, 0.4) is 0 Å². The van der Waals surface area contributed by atoms with Gasteiger partial charge in [-0.15, -0.1) is 0 Å². The van der Waals surface area contributed by atoms with Gasteiger partial charge in [-0.05, 0) is 27.8 Å². The van der Waals surface area contributed by atoms with Gasteiger partial charge in [-0.1, -0.05) is 56.1 Å². The fraction of sp³-hybridized carbons (Fsp3) is 0.167. The van der Waals surface area contributed by atoms with E-state index in [0.717, 1.165) is 20.1 Å². The number of nitrogens with two attached hydrogens (primary N) is 2. The highest BCUT2D eigenvalue weighted by Gasteiger charge is 2.28. The highest BCUT2D eigenvalue weighted by atomic mass is 79.9. The van der Waals surface area contributed by atoms with Gasteiger partial charge in [0, 0.05) is 10.9 Å². The summed E-state index contributed by atoms with van der Waals surface area (Å²) in [4.78, 5) is 0. The molecule has 0 radical (unpaired) electrons. The average Bonchev–Trinajstić information content (AvgIpc) is 2.18. The molecule has 0 atom stereocenters. The topological polar surface area (TPSA) is 52.0 Å². The molecule has 84 valence electrons. The Labute approximate surface area is 112 Å². The Balaban J connectivity index is 2.43. The fourth-order valence-corrected chi connectivity index (χ4v) is 2.62. The lowest BCUT2D eigenvalue weighted by Crippen LogP contribution is -2.51. The highest BCUT2D eigenvalue weighted by molar-refractivity contribution is 9.11. The third kappa shape index (κ3) is 2.46. The van der Waals surface area contributed by atoms with Gasteiger partial charge < -0.3 is 11.5 Å². The quantitative estimate of drug-likeness (QED) is 0.770. The van der Waals surface area contributed by atoms with Gasteiger partial charge in [0.2, 0.25) is 0 Å². The first kappa shape index (κ1) is 12.0.